The van der Waals surface area contributed by atoms with Crippen LogP contribution in [0, 0.1) is 0 Å². The lowest BCUT2D eigenvalue weighted by Crippen LogP contribution is -2.12. The molecule has 1 aliphatic heterocycles. The molecule has 0 aromatic carbocycles. The van der Waals surface area contributed by atoms with Crippen molar-refractivity contribution in [1.29, 1.82) is 0 Å². The van der Waals surface area contributed by atoms with Gasteiger partial charge in [0.1, 0.15) is 10.4 Å². The van der Waals surface area contributed by atoms with Gasteiger partial charge in [-0.2, -0.15) is 0 Å². The number of halogens is 1. The van der Waals surface area contributed by atoms with Crippen molar-refractivity contribution < 1.29 is 0 Å². The Hall–Kier alpha value is -0.570. The zero-order chi connectivity index (χ0) is 10.7. The maximum absolute atomic E-state index is 5.87. The van der Waals surface area contributed by atoms with Crippen molar-refractivity contribution in [3.63, 3.8) is 0 Å². The van der Waals surface area contributed by atoms with Gasteiger partial charge in [-0.1, -0.05) is 18.4 Å². The molecule has 0 aromatic rings. The van der Waals surface area contributed by atoms with E-state index in [1.165, 1.54) is 49.7 Å². The molecule has 0 fully saturated rings. The Morgan fingerprint density at radius 3 is 2.67 bits per heavy atom. The van der Waals surface area contributed by atoms with E-state index >= 15 is 0 Å². The smallest absolute Gasteiger partial charge is 0.108 e. The summed E-state index contributed by atoms with van der Waals surface area (Å²) in [6, 6.07) is 0. The van der Waals surface area contributed by atoms with Crippen molar-refractivity contribution in [1.82, 2.24) is 0 Å². The highest BCUT2D eigenvalue weighted by atomic mass is 79.9. The fraction of sp³-hybridized carbons (Fsp3) is 0.583. The number of allylic oxidation sites excluding steroid dienone is 2. The van der Waals surface area contributed by atoms with E-state index in [1.807, 2.05) is 0 Å². The molecule has 0 aromatic heterocycles. The van der Waals surface area contributed by atoms with Crippen LogP contribution in [-0.4, -0.2) is 5.84 Å². The molecule has 2 nitrogen and oxygen atoms in total. The Labute approximate surface area is 99.5 Å². The standard InChI is InChI=1S/C12H17BrN2/c13-11-7-9-5-3-1-2-4-6-10(9)8-12(14)15-11/h7H,1-6,8H2,(H2,14,15). The molecule has 3 heteroatoms. The number of amidine groups is 1. The van der Waals surface area contributed by atoms with Gasteiger partial charge in [0.05, 0.1) is 0 Å². The molecule has 2 aliphatic rings. The van der Waals surface area contributed by atoms with E-state index in [0.717, 1.165) is 16.9 Å². The SMILES string of the molecule is NC1=NC(Br)=CC2=C(CCCCCC2)C1. The van der Waals surface area contributed by atoms with Crippen LogP contribution >= 0.6 is 15.9 Å². The summed E-state index contributed by atoms with van der Waals surface area (Å²) in [5, 5.41) is 0. The van der Waals surface area contributed by atoms with Crippen molar-refractivity contribution in [2.45, 2.75) is 44.9 Å². The van der Waals surface area contributed by atoms with Crippen molar-refractivity contribution in [3.8, 4) is 0 Å². The number of nitrogens with two attached hydrogens (primary N) is 1. The second kappa shape index (κ2) is 4.97. The number of hydrogen-bond acceptors (Lipinski definition) is 2. The monoisotopic (exact) mass is 268 g/mol. The van der Waals surface area contributed by atoms with Crippen molar-refractivity contribution >= 4 is 21.8 Å². The average molecular weight is 269 g/mol. The summed E-state index contributed by atoms with van der Waals surface area (Å²) in [4.78, 5) is 4.29. The minimum absolute atomic E-state index is 0.740. The van der Waals surface area contributed by atoms with E-state index in [4.69, 9.17) is 5.73 Å². The predicted octanol–water partition coefficient (Wildman–Crippen LogP) is 3.63. The fourth-order valence-corrected chi connectivity index (χ4v) is 2.80. The highest BCUT2D eigenvalue weighted by molar-refractivity contribution is 9.11. The number of rotatable bonds is 0. The second-order valence-corrected chi connectivity index (χ2v) is 5.10. The highest BCUT2D eigenvalue weighted by Crippen LogP contribution is 2.30. The molecular weight excluding hydrogens is 252 g/mol. The lowest BCUT2D eigenvalue weighted by Gasteiger charge is -2.14. The lowest BCUT2D eigenvalue weighted by atomic mass is 9.91. The number of hydrogen-bond donors (Lipinski definition) is 1. The van der Waals surface area contributed by atoms with E-state index in [1.54, 1.807) is 0 Å². The van der Waals surface area contributed by atoms with E-state index in [2.05, 4.69) is 27.0 Å². The van der Waals surface area contributed by atoms with Gasteiger partial charge in [0.25, 0.3) is 0 Å². The highest BCUT2D eigenvalue weighted by Gasteiger charge is 2.13. The second-order valence-electron chi connectivity index (χ2n) is 4.29. The molecule has 0 saturated carbocycles. The van der Waals surface area contributed by atoms with Gasteiger partial charge < -0.3 is 5.73 Å². The van der Waals surface area contributed by atoms with Gasteiger partial charge in [-0.25, -0.2) is 4.99 Å². The van der Waals surface area contributed by atoms with E-state index in [0.29, 0.717) is 0 Å². The summed E-state index contributed by atoms with van der Waals surface area (Å²) < 4.78 is 0.880. The van der Waals surface area contributed by atoms with Gasteiger partial charge >= 0.3 is 0 Å². The molecule has 0 atom stereocenters. The number of aliphatic imine (C=N–C) groups is 1. The maximum Gasteiger partial charge on any atom is 0.108 e. The van der Waals surface area contributed by atoms with Crippen LogP contribution in [0.2, 0.25) is 0 Å². The summed E-state index contributed by atoms with van der Waals surface area (Å²) in [7, 11) is 0. The minimum atomic E-state index is 0.740. The van der Waals surface area contributed by atoms with Crippen LogP contribution in [-0.2, 0) is 0 Å². The molecular formula is C12H17BrN2. The van der Waals surface area contributed by atoms with Gasteiger partial charge in [-0.3, -0.25) is 0 Å². The molecule has 0 saturated heterocycles. The van der Waals surface area contributed by atoms with Gasteiger partial charge in [0, 0.05) is 6.42 Å². The van der Waals surface area contributed by atoms with Crippen LogP contribution < -0.4 is 5.73 Å². The molecule has 0 bridgehead atoms. The summed E-state index contributed by atoms with van der Waals surface area (Å²) in [5.74, 6) is 0.740. The maximum atomic E-state index is 5.87. The molecule has 2 rings (SSSR count). The molecule has 2 N–H and O–H groups in total. The third-order valence-corrected chi connectivity index (χ3v) is 3.47. The van der Waals surface area contributed by atoms with Crippen LogP contribution in [0.5, 0.6) is 0 Å². The first-order valence-electron chi connectivity index (χ1n) is 5.67. The van der Waals surface area contributed by atoms with Crippen molar-refractivity contribution in [2.24, 2.45) is 10.7 Å². The molecule has 0 amide bonds. The fourth-order valence-electron chi connectivity index (χ4n) is 2.29. The first kappa shape index (κ1) is 10.9. The Morgan fingerprint density at radius 1 is 1.13 bits per heavy atom. The summed E-state index contributed by atoms with van der Waals surface area (Å²) >= 11 is 3.45. The normalized spacial score (nSPS) is 23.3. The minimum Gasteiger partial charge on any atom is -0.387 e. The zero-order valence-electron chi connectivity index (χ0n) is 8.93. The van der Waals surface area contributed by atoms with Crippen LogP contribution in [0.15, 0.2) is 26.8 Å². The topological polar surface area (TPSA) is 38.4 Å². The predicted molar refractivity (Wildman–Crippen MR) is 68.0 cm³/mol. The van der Waals surface area contributed by atoms with E-state index < -0.39 is 0 Å². The first-order chi connectivity index (χ1) is 7.25. The van der Waals surface area contributed by atoms with Gasteiger partial charge in [0.15, 0.2) is 0 Å². The quantitative estimate of drug-likeness (QED) is 0.670. The third kappa shape index (κ3) is 2.94. The lowest BCUT2D eigenvalue weighted by molar-refractivity contribution is 0.613. The Bertz CT molecular complexity index is 340. The molecule has 0 unspecified atom stereocenters. The number of nitrogens with zero attached hydrogens (tertiary/aromatic N) is 1. The zero-order valence-corrected chi connectivity index (χ0v) is 10.5. The Morgan fingerprint density at radius 2 is 1.87 bits per heavy atom. The van der Waals surface area contributed by atoms with E-state index in [9.17, 15) is 0 Å². The van der Waals surface area contributed by atoms with Gasteiger partial charge in [0.2, 0.25) is 0 Å². The van der Waals surface area contributed by atoms with Crippen LogP contribution in [0.3, 0.4) is 0 Å². The molecule has 0 radical (unpaired) electrons. The van der Waals surface area contributed by atoms with Crippen LogP contribution in [0.4, 0.5) is 0 Å². The largest absolute Gasteiger partial charge is 0.387 e. The summed E-state index contributed by atoms with van der Waals surface area (Å²) in [6.45, 7) is 0. The van der Waals surface area contributed by atoms with Crippen LogP contribution in [0.25, 0.3) is 0 Å². The molecule has 82 valence electrons. The molecule has 0 spiro atoms. The van der Waals surface area contributed by atoms with Crippen molar-refractivity contribution in [2.75, 3.05) is 0 Å². The Balaban J connectivity index is 2.28. The third-order valence-electron chi connectivity index (χ3n) is 3.07. The van der Waals surface area contributed by atoms with Gasteiger partial charge in [-0.05, 0) is 53.3 Å². The molecule has 1 heterocycles. The summed E-state index contributed by atoms with van der Waals surface area (Å²) in [6.07, 6.45) is 10.7. The first-order valence-corrected chi connectivity index (χ1v) is 6.46. The summed E-state index contributed by atoms with van der Waals surface area (Å²) in [5.41, 5.74) is 8.84. The molecule has 15 heavy (non-hydrogen) atoms. The molecule has 1 aliphatic carbocycles. The van der Waals surface area contributed by atoms with Gasteiger partial charge in [-0.15, -0.1) is 0 Å². The average Bonchev–Trinajstić information content (AvgIpc) is 2.26. The Kier molecular flexibility index (Phi) is 3.62. The van der Waals surface area contributed by atoms with Crippen LogP contribution in [0.1, 0.15) is 44.9 Å². The van der Waals surface area contributed by atoms with Crippen molar-refractivity contribution in [3.05, 3.63) is 21.8 Å². The van der Waals surface area contributed by atoms with E-state index in [-0.39, 0.29) is 0 Å².